The lowest BCUT2D eigenvalue weighted by atomic mass is 9.95. The summed E-state index contributed by atoms with van der Waals surface area (Å²) in [6.45, 7) is 0. The predicted molar refractivity (Wildman–Crippen MR) is 120 cm³/mol. The first kappa shape index (κ1) is 20.5. The highest BCUT2D eigenvalue weighted by Gasteiger charge is 2.22. The molecule has 0 atom stereocenters. The van der Waals surface area contributed by atoms with Crippen LogP contribution in [0.4, 0.5) is 5.69 Å². The van der Waals surface area contributed by atoms with Gasteiger partial charge in [0.25, 0.3) is 5.56 Å². The number of rotatable bonds is 6. The van der Waals surface area contributed by atoms with Gasteiger partial charge in [0.2, 0.25) is 5.91 Å². The molecule has 1 heterocycles. The molecule has 0 spiro atoms. The number of anilines is 1. The van der Waals surface area contributed by atoms with Gasteiger partial charge in [0, 0.05) is 11.7 Å². The van der Waals surface area contributed by atoms with Gasteiger partial charge in [0.05, 0.1) is 23.8 Å². The average molecular weight is 424 g/mol. The summed E-state index contributed by atoms with van der Waals surface area (Å²) < 4.78 is 6.97. The zero-order valence-electron chi connectivity index (χ0n) is 17.0. The van der Waals surface area contributed by atoms with Crippen LogP contribution in [0.25, 0.3) is 10.9 Å². The number of aromatic nitrogens is 2. The maximum atomic E-state index is 13.2. The van der Waals surface area contributed by atoms with E-state index in [2.05, 4.69) is 5.32 Å². The summed E-state index contributed by atoms with van der Waals surface area (Å²) in [5.41, 5.74) is 1.37. The highest BCUT2D eigenvalue weighted by Crippen LogP contribution is 2.31. The van der Waals surface area contributed by atoms with Crippen LogP contribution in [-0.4, -0.2) is 28.3 Å². The van der Waals surface area contributed by atoms with E-state index in [0.29, 0.717) is 21.7 Å². The second kappa shape index (κ2) is 9.34. The predicted octanol–water partition coefficient (Wildman–Crippen LogP) is 4.64. The summed E-state index contributed by atoms with van der Waals surface area (Å²) in [4.78, 5) is 30.5. The average Bonchev–Trinajstić information content (AvgIpc) is 2.79. The van der Waals surface area contributed by atoms with E-state index in [1.807, 2.05) is 28.8 Å². The monoisotopic (exact) mass is 423 g/mol. The van der Waals surface area contributed by atoms with Crippen LogP contribution in [0.1, 0.15) is 38.1 Å². The normalized spacial score (nSPS) is 14.6. The number of methoxy groups -OCH3 is 1. The maximum absolute atomic E-state index is 13.2. The molecule has 1 fully saturated rings. The van der Waals surface area contributed by atoms with E-state index < -0.39 is 0 Å². The molecule has 1 aliphatic rings. The van der Waals surface area contributed by atoms with E-state index in [-0.39, 0.29) is 23.3 Å². The zero-order chi connectivity index (χ0) is 20.9. The number of hydrogen-bond donors (Lipinski definition) is 1. The van der Waals surface area contributed by atoms with Crippen molar-refractivity contribution >= 4 is 34.3 Å². The minimum atomic E-state index is -0.136. The summed E-state index contributed by atoms with van der Waals surface area (Å²) in [5.74, 6) is 0.783. The summed E-state index contributed by atoms with van der Waals surface area (Å²) in [7, 11) is 1.60. The number of carbonyl (C=O) groups is 1. The molecular formula is C23H25N3O3S. The molecule has 1 aliphatic carbocycles. The quantitative estimate of drug-likeness (QED) is 0.462. The molecule has 1 saturated carbocycles. The Labute approximate surface area is 179 Å². The third-order valence-electron chi connectivity index (χ3n) is 5.42. The van der Waals surface area contributed by atoms with Crippen molar-refractivity contribution in [2.75, 3.05) is 18.2 Å². The van der Waals surface area contributed by atoms with Crippen molar-refractivity contribution in [3.63, 3.8) is 0 Å². The van der Waals surface area contributed by atoms with E-state index in [0.717, 1.165) is 31.4 Å². The highest BCUT2D eigenvalue weighted by molar-refractivity contribution is 7.99. The van der Waals surface area contributed by atoms with Gasteiger partial charge in [-0.15, -0.1) is 0 Å². The molecule has 0 saturated heterocycles. The van der Waals surface area contributed by atoms with E-state index in [1.54, 1.807) is 31.4 Å². The summed E-state index contributed by atoms with van der Waals surface area (Å²) >= 11 is 1.32. The molecule has 6 nitrogen and oxygen atoms in total. The Morgan fingerprint density at radius 3 is 2.60 bits per heavy atom. The van der Waals surface area contributed by atoms with Crippen LogP contribution in [-0.2, 0) is 4.79 Å². The third kappa shape index (κ3) is 4.51. The van der Waals surface area contributed by atoms with Crippen molar-refractivity contribution in [3.05, 3.63) is 58.9 Å². The van der Waals surface area contributed by atoms with Crippen LogP contribution in [0, 0.1) is 0 Å². The molecule has 0 unspecified atom stereocenters. The molecule has 4 rings (SSSR count). The number of fused-ring (bicyclic) bond motifs is 1. The van der Waals surface area contributed by atoms with Gasteiger partial charge in [-0.25, -0.2) is 4.98 Å². The molecule has 156 valence electrons. The molecule has 1 amide bonds. The van der Waals surface area contributed by atoms with Crippen LogP contribution >= 0.6 is 11.8 Å². The molecule has 0 aliphatic heterocycles. The summed E-state index contributed by atoms with van der Waals surface area (Å²) in [6, 6.07) is 14.8. The lowest BCUT2D eigenvalue weighted by molar-refractivity contribution is -0.113. The van der Waals surface area contributed by atoms with E-state index in [4.69, 9.17) is 9.72 Å². The fraction of sp³-hybridized carbons (Fsp3) is 0.348. The Kier molecular flexibility index (Phi) is 6.38. The van der Waals surface area contributed by atoms with Gasteiger partial charge in [-0.2, -0.15) is 0 Å². The molecule has 3 aromatic rings. The van der Waals surface area contributed by atoms with E-state index in [9.17, 15) is 9.59 Å². The first-order valence-corrected chi connectivity index (χ1v) is 11.2. The second-order valence-electron chi connectivity index (χ2n) is 7.44. The van der Waals surface area contributed by atoms with Crippen molar-refractivity contribution in [1.29, 1.82) is 0 Å². The third-order valence-corrected chi connectivity index (χ3v) is 6.37. The fourth-order valence-corrected chi connectivity index (χ4v) is 4.76. The molecule has 1 N–H and O–H groups in total. The first-order chi connectivity index (χ1) is 14.7. The second-order valence-corrected chi connectivity index (χ2v) is 8.39. The van der Waals surface area contributed by atoms with Gasteiger partial charge in [-0.3, -0.25) is 14.2 Å². The van der Waals surface area contributed by atoms with Crippen molar-refractivity contribution in [2.24, 2.45) is 0 Å². The molecule has 0 bridgehead atoms. The van der Waals surface area contributed by atoms with Crippen LogP contribution in [0.3, 0.4) is 0 Å². The Bertz CT molecular complexity index is 1090. The van der Waals surface area contributed by atoms with Crippen LogP contribution < -0.4 is 15.6 Å². The number of carbonyl (C=O) groups excluding carboxylic acids is 1. The number of para-hydroxylation sites is 1. The van der Waals surface area contributed by atoms with Crippen molar-refractivity contribution in [3.8, 4) is 5.75 Å². The van der Waals surface area contributed by atoms with E-state index in [1.165, 1.54) is 18.2 Å². The van der Waals surface area contributed by atoms with Crippen molar-refractivity contribution in [2.45, 2.75) is 43.3 Å². The number of thioether (sulfide) groups is 1. The number of nitrogens with one attached hydrogen (secondary N) is 1. The Morgan fingerprint density at radius 1 is 1.13 bits per heavy atom. The fourth-order valence-electron chi connectivity index (χ4n) is 3.89. The number of ether oxygens (including phenoxy) is 1. The molecule has 1 aromatic heterocycles. The topological polar surface area (TPSA) is 73.2 Å². The van der Waals surface area contributed by atoms with Gasteiger partial charge in [0.15, 0.2) is 5.16 Å². The smallest absolute Gasteiger partial charge is 0.262 e. The Balaban J connectivity index is 1.56. The van der Waals surface area contributed by atoms with Crippen molar-refractivity contribution in [1.82, 2.24) is 9.55 Å². The van der Waals surface area contributed by atoms with Crippen molar-refractivity contribution < 1.29 is 9.53 Å². The minimum absolute atomic E-state index is 0.00874. The zero-order valence-corrected chi connectivity index (χ0v) is 17.8. The lowest BCUT2D eigenvalue weighted by Crippen LogP contribution is -2.29. The first-order valence-electron chi connectivity index (χ1n) is 10.2. The number of amides is 1. The van der Waals surface area contributed by atoms with Gasteiger partial charge in [-0.05, 0) is 49.2 Å². The number of benzene rings is 2. The molecule has 0 radical (unpaired) electrons. The summed E-state index contributed by atoms with van der Waals surface area (Å²) in [5, 5.41) is 4.14. The largest absolute Gasteiger partial charge is 0.497 e. The standard InChI is InChI=1S/C23H25N3O3S/c1-29-18-13-11-16(12-14-18)24-21(27)15-30-23-25-20-10-6-5-9-19(20)22(28)26(23)17-7-3-2-4-8-17/h5-6,9-14,17H,2-4,7-8,15H2,1H3,(H,24,27). The highest BCUT2D eigenvalue weighted by atomic mass is 32.2. The Morgan fingerprint density at radius 2 is 1.87 bits per heavy atom. The SMILES string of the molecule is COc1ccc(NC(=O)CSc2nc3ccccc3c(=O)n2C2CCCCC2)cc1. The summed E-state index contributed by atoms with van der Waals surface area (Å²) in [6.07, 6.45) is 5.40. The van der Waals surface area contributed by atoms with Gasteiger partial charge >= 0.3 is 0 Å². The maximum Gasteiger partial charge on any atom is 0.262 e. The van der Waals surface area contributed by atoms with E-state index >= 15 is 0 Å². The number of hydrogen-bond acceptors (Lipinski definition) is 5. The molecule has 30 heavy (non-hydrogen) atoms. The molecule has 2 aromatic carbocycles. The van der Waals surface area contributed by atoms with Gasteiger partial charge < -0.3 is 10.1 Å². The van der Waals surface area contributed by atoms with Crippen LogP contribution in [0.15, 0.2) is 58.5 Å². The molecule has 7 heteroatoms. The Hall–Kier alpha value is -2.80. The van der Waals surface area contributed by atoms with Gasteiger partial charge in [0.1, 0.15) is 5.75 Å². The van der Waals surface area contributed by atoms with Gasteiger partial charge in [-0.1, -0.05) is 43.2 Å². The van der Waals surface area contributed by atoms with Crippen LogP contribution in [0.5, 0.6) is 5.75 Å². The lowest BCUT2D eigenvalue weighted by Gasteiger charge is -2.26. The molecular weight excluding hydrogens is 398 g/mol. The minimum Gasteiger partial charge on any atom is -0.497 e. The van der Waals surface area contributed by atoms with Crippen LogP contribution in [0.2, 0.25) is 0 Å². The number of nitrogens with zero attached hydrogens (tertiary/aromatic N) is 2.